The first-order valence-corrected chi connectivity index (χ1v) is 10.2. The van der Waals surface area contributed by atoms with Crippen molar-refractivity contribution in [2.45, 2.75) is 52.2 Å². The van der Waals surface area contributed by atoms with Crippen LogP contribution in [-0.2, 0) is 22.6 Å². The zero-order chi connectivity index (χ0) is 19.2. The van der Waals surface area contributed by atoms with Gasteiger partial charge >= 0.3 is 0 Å². The number of guanidine groups is 1. The first kappa shape index (κ1) is 21.5. The van der Waals surface area contributed by atoms with Crippen LogP contribution in [0.1, 0.15) is 50.2 Å². The minimum Gasteiger partial charge on any atom is -0.379 e. The van der Waals surface area contributed by atoms with Crippen LogP contribution in [0.25, 0.3) is 0 Å². The van der Waals surface area contributed by atoms with Gasteiger partial charge in [0.1, 0.15) is 0 Å². The van der Waals surface area contributed by atoms with Crippen molar-refractivity contribution in [3.05, 3.63) is 47.0 Å². The monoisotopic (exact) mass is 373 g/mol. The number of allylic oxidation sites excluding steroid dienone is 1. The molecule has 0 bridgehead atoms. The van der Waals surface area contributed by atoms with Crippen LogP contribution in [0.5, 0.6) is 0 Å². The molecule has 0 aliphatic heterocycles. The molecule has 5 heteroatoms. The molecule has 1 aromatic carbocycles. The molecule has 0 fully saturated rings. The lowest BCUT2D eigenvalue weighted by atomic mass is 9.97. The molecule has 0 unspecified atom stereocenters. The SMILES string of the molecule is CCOCCOCc1cccc(CNC(=NC)NCCC2=CCCCC2)c1. The van der Waals surface area contributed by atoms with Gasteiger partial charge in [0.2, 0.25) is 0 Å². The molecule has 0 spiro atoms. The number of nitrogens with one attached hydrogen (secondary N) is 2. The van der Waals surface area contributed by atoms with Gasteiger partial charge in [0, 0.05) is 26.7 Å². The second-order valence-electron chi connectivity index (χ2n) is 6.78. The van der Waals surface area contributed by atoms with Gasteiger partial charge in [0.15, 0.2) is 5.96 Å². The summed E-state index contributed by atoms with van der Waals surface area (Å²) in [6, 6.07) is 8.46. The smallest absolute Gasteiger partial charge is 0.191 e. The van der Waals surface area contributed by atoms with Crippen LogP contribution >= 0.6 is 0 Å². The van der Waals surface area contributed by atoms with E-state index in [1.807, 2.05) is 14.0 Å². The molecule has 0 amide bonds. The Balaban J connectivity index is 1.68. The van der Waals surface area contributed by atoms with Crippen LogP contribution in [0, 0.1) is 0 Å². The first-order valence-electron chi connectivity index (χ1n) is 10.2. The quantitative estimate of drug-likeness (QED) is 0.268. The normalized spacial score (nSPS) is 14.7. The highest BCUT2D eigenvalue weighted by atomic mass is 16.5. The summed E-state index contributed by atoms with van der Waals surface area (Å²) in [5.41, 5.74) is 3.98. The zero-order valence-corrected chi connectivity index (χ0v) is 16.9. The van der Waals surface area contributed by atoms with Gasteiger partial charge in [-0.2, -0.15) is 0 Å². The summed E-state index contributed by atoms with van der Waals surface area (Å²) < 4.78 is 10.9. The summed E-state index contributed by atoms with van der Waals surface area (Å²) in [7, 11) is 1.82. The molecule has 0 atom stereocenters. The highest BCUT2D eigenvalue weighted by Gasteiger charge is 2.04. The van der Waals surface area contributed by atoms with E-state index in [1.54, 1.807) is 5.57 Å². The van der Waals surface area contributed by atoms with Gasteiger partial charge in [-0.1, -0.05) is 35.9 Å². The Bertz CT molecular complexity index is 599. The van der Waals surface area contributed by atoms with Gasteiger partial charge in [0.25, 0.3) is 0 Å². The average Bonchev–Trinajstić information content (AvgIpc) is 2.71. The fourth-order valence-electron chi connectivity index (χ4n) is 3.16. The van der Waals surface area contributed by atoms with Gasteiger partial charge in [-0.15, -0.1) is 0 Å². The van der Waals surface area contributed by atoms with E-state index in [9.17, 15) is 0 Å². The summed E-state index contributed by atoms with van der Waals surface area (Å²) in [6.45, 7) is 6.29. The van der Waals surface area contributed by atoms with Crippen molar-refractivity contribution < 1.29 is 9.47 Å². The maximum atomic E-state index is 5.65. The Hall–Kier alpha value is -1.85. The number of rotatable bonds is 11. The van der Waals surface area contributed by atoms with Crippen molar-refractivity contribution in [1.29, 1.82) is 0 Å². The molecule has 1 aliphatic carbocycles. The Morgan fingerprint density at radius 1 is 1.11 bits per heavy atom. The molecular weight excluding hydrogens is 338 g/mol. The van der Waals surface area contributed by atoms with Crippen LogP contribution in [0.15, 0.2) is 40.9 Å². The number of hydrogen-bond donors (Lipinski definition) is 2. The van der Waals surface area contributed by atoms with Gasteiger partial charge in [-0.25, -0.2) is 0 Å². The van der Waals surface area contributed by atoms with Crippen LogP contribution in [0.4, 0.5) is 0 Å². The summed E-state index contributed by atoms with van der Waals surface area (Å²) in [4.78, 5) is 4.32. The topological polar surface area (TPSA) is 54.9 Å². The minimum atomic E-state index is 0.614. The largest absolute Gasteiger partial charge is 0.379 e. The third-order valence-electron chi connectivity index (χ3n) is 4.64. The van der Waals surface area contributed by atoms with Crippen LogP contribution in [0.2, 0.25) is 0 Å². The van der Waals surface area contributed by atoms with E-state index < -0.39 is 0 Å². The summed E-state index contributed by atoms with van der Waals surface area (Å²) in [5.74, 6) is 0.852. The van der Waals surface area contributed by atoms with Gasteiger partial charge in [0.05, 0.1) is 19.8 Å². The molecule has 1 aromatic rings. The standard InChI is InChI=1S/C22H35N3O2/c1-3-26-14-15-27-18-21-11-7-10-20(16-21)17-25-22(23-2)24-13-12-19-8-5-4-6-9-19/h7-8,10-11,16H,3-6,9,12-15,17-18H2,1-2H3,(H2,23,24,25). The summed E-state index contributed by atoms with van der Waals surface area (Å²) >= 11 is 0. The van der Waals surface area contributed by atoms with Crippen molar-refractivity contribution in [3.8, 4) is 0 Å². The Kier molecular flexibility index (Phi) is 10.6. The van der Waals surface area contributed by atoms with E-state index >= 15 is 0 Å². The van der Waals surface area contributed by atoms with Crippen molar-refractivity contribution >= 4 is 5.96 Å². The lowest BCUT2D eigenvalue weighted by Gasteiger charge is -2.15. The Morgan fingerprint density at radius 2 is 1.96 bits per heavy atom. The molecule has 0 radical (unpaired) electrons. The van der Waals surface area contributed by atoms with E-state index in [2.05, 4.69) is 46.0 Å². The summed E-state index contributed by atoms with van der Waals surface area (Å²) in [5, 5.41) is 6.81. The van der Waals surface area contributed by atoms with Gasteiger partial charge in [-0.3, -0.25) is 4.99 Å². The Labute approximate surface area is 164 Å². The molecule has 5 nitrogen and oxygen atoms in total. The predicted octanol–water partition coefficient (Wildman–Crippen LogP) is 3.80. The number of benzene rings is 1. The van der Waals surface area contributed by atoms with E-state index in [1.165, 1.54) is 36.8 Å². The molecule has 0 saturated heterocycles. The molecule has 0 aromatic heterocycles. The minimum absolute atomic E-state index is 0.614. The summed E-state index contributed by atoms with van der Waals surface area (Å²) in [6.07, 6.45) is 8.70. The number of aliphatic imine (C=N–C) groups is 1. The van der Waals surface area contributed by atoms with E-state index in [4.69, 9.17) is 9.47 Å². The van der Waals surface area contributed by atoms with Crippen molar-refractivity contribution in [3.63, 3.8) is 0 Å². The van der Waals surface area contributed by atoms with E-state index in [0.717, 1.165) is 32.1 Å². The number of ether oxygens (including phenoxy) is 2. The molecule has 2 rings (SSSR count). The van der Waals surface area contributed by atoms with Gasteiger partial charge in [-0.05, 0) is 50.2 Å². The number of hydrogen-bond acceptors (Lipinski definition) is 3. The van der Waals surface area contributed by atoms with E-state index in [-0.39, 0.29) is 0 Å². The number of nitrogens with zero attached hydrogens (tertiary/aromatic N) is 1. The fraction of sp³-hybridized carbons (Fsp3) is 0.591. The van der Waals surface area contributed by atoms with Crippen molar-refractivity contribution in [2.24, 2.45) is 4.99 Å². The fourth-order valence-corrected chi connectivity index (χ4v) is 3.16. The zero-order valence-electron chi connectivity index (χ0n) is 16.9. The maximum Gasteiger partial charge on any atom is 0.191 e. The molecule has 150 valence electrons. The molecule has 2 N–H and O–H groups in total. The van der Waals surface area contributed by atoms with Crippen molar-refractivity contribution in [1.82, 2.24) is 10.6 Å². The highest BCUT2D eigenvalue weighted by Crippen LogP contribution is 2.19. The average molecular weight is 374 g/mol. The third kappa shape index (κ3) is 9.07. The molecule has 27 heavy (non-hydrogen) atoms. The Morgan fingerprint density at radius 3 is 2.74 bits per heavy atom. The maximum absolute atomic E-state index is 5.65. The van der Waals surface area contributed by atoms with Crippen LogP contribution in [-0.4, -0.2) is 39.4 Å². The van der Waals surface area contributed by atoms with Crippen LogP contribution in [0.3, 0.4) is 0 Å². The first-order chi connectivity index (χ1) is 13.3. The second kappa shape index (κ2) is 13.3. The second-order valence-corrected chi connectivity index (χ2v) is 6.78. The van der Waals surface area contributed by atoms with E-state index in [0.29, 0.717) is 19.8 Å². The molecule has 0 heterocycles. The third-order valence-corrected chi connectivity index (χ3v) is 4.64. The molecule has 0 saturated carbocycles. The lowest BCUT2D eigenvalue weighted by molar-refractivity contribution is 0.0453. The molecular formula is C22H35N3O2. The van der Waals surface area contributed by atoms with Crippen LogP contribution < -0.4 is 10.6 Å². The molecule has 1 aliphatic rings. The van der Waals surface area contributed by atoms with Crippen molar-refractivity contribution in [2.75, 3.05) is 33.4 Å². The van der Waals surface area contributed by atoms with Gasteiger partial charge < -0.3 is 20.1 Å². The lowest BCUT2D eigenvalue weighted by Crippen LogP contribution is -2.37. The predicted molar refractivity (Wildman–Crippen MR) is 112 cm³/mol. The highest BCUT2D eigenvalue weighted by molar-refractivity contribution is 5.79.